The average molecular weight is 389 g/mol. The zero-order valence-corrected chi connectivity index (χ0v) is 16.9. The molecule has 2 aliphatic heterocycles. The number of piperidine rings is 1. The van der Waals surface area contributed by atoms with Crippen molar-refractivity contribution in [3.05, 3.63) is 29.8 Å². The van der Waals surface area contributed by atoms with Crippen molar-refractivity contribution in [3.8, 4) is 5.75 Å². The van der Waals surface area contributed by atoms with Gasteiger partial charge in [-0.2, -0.15) is 0 Å². The molecule has 1 N–H and O–H groups in total. The van der Waals surface area contributed by atoms with Gasteiger partial charge in [-0.05, 0) is 43.4 Å². The largest absolute Gasteiger partial charge is 0.497 e. The smallest absolute Gasteiger partial charge is 0.233 e. The molecule has 2 saturated heterocycles. The van der Waals surface area contributed by atoms with E-state index in [2.05, 4.69) is 0 Å². The molecule has 3 aliphatic rings. The van der Waals surface area contributed by atoms with E-state index in [9.17, 15) is 9.90 Å². The molecule has 1 aromatic rings. The van der Waals surface area contributed by atoms with Gasteiger partial charge in [0.25, 0.3) is 0 Å². The van der Waals surface area contributed by atoms with E-state index in [0.717, 1.165) is 37.0 Å². The number of hydrogen-bond acceptors (Lipinski definition) is 5. The summed E-state index contributed by atoms with van der Waals surface area (Å²) in [6.07, 6.45) is 4.53. The van der Waals surface area contributed by atoms with Crippen molar-refractivity contribution in [2.24, 2.45) is 0 Å². The molecule has 154 valence electrons. The lowest BCUT2D eigenvalue weighted by Gasteiger charge is -2.49. The molecule has 6 heteroatoms. The second-order valence-corrected chi connectivity index (χ2v) is 8.72. The van der Waals surface area contributed by atoms with Crippen LogP contribution in [0.1, 0.15) is 44.1 Å². The summed E-state index contributed by atoms with van der Waals surface area (Å²) < 4.78 is 16.6. The van der Waals surface area contributed by atoms with Gasteiger partial charge in [-0.25, -0.2) is 0 Å². The highest BCUT2D eigenvalue weighted by atomic mass is 16.5. The Hall–Kier alpha value is -1.63. The lowest BCUT2D eigenvalue weighted by Crippen LogP contribution is -2.57. The fourth-order valence-corrected chi connectivity index (χ4v) is 4.99. The number of amides is 1. The average Bonchev–Trinajstić information content (AvgIpc) is 3.50. The third kappa shape index (κ3) is 3.53. The van der Waals surface area contributed by atoms with Crippen LogP contribution in [0, 0.1) is 0 Å². The monoisotopic (exact) mass is 389 g/mol. The van der Waals surface area contributed by atoms with Crippen molar-refractivity contribution in [1.82, 2.24) is 4.90 Å². The fraction of sp³-hybridized carbons (Fsp3) is 0.682. The van der Waals surface area contributed by atoms with E-state index in [0.29, 0.717) is 39.1 Å². The molecule has 28 heavy (non-hydrogen) atoms. The number of benzene rings is 1. The minimum atomic E-state index is -0.819. The highest BCUT2D eigenvalue weighted by Crippen LogP contribution is 2.51. The van der Waals surface area contributed by atoms with E-state index in [1.165, 1.54) is 0 Å². The first-order valence-electron chi connectivity index (χ1n) is 10.2. The standard InChI is InChI=1S/C22H31NO5/c1-26-16-20(25)11-14-28-21(15-20)9-12-23(13-10-21)19(24)22(7-8-22)17-3-5-18(27-2)6-4-17/h3-6,25H,7-16H2,1-2H3. The molecule has 0 radical (unpaired) electrons. The molecule has 1 aliphatic carbocycles. The normalized spacial score (nSPS) is 28.2. The number of methoxy groups -OCH3 is 2. The zero-order valence-electron chi connectivity index (χ0n) is 16.9. The van der Waals surface area contributed by atoms with Gasteiger partial charge in [-0.3, -0.25) is 4.79 Å². The SMILES string of the molecule is COCC1(O)CCOC2(CCN(C(=O)C3(c4ccc(OC)cc4)CC3)CC2)C1. The van der Waals surface area contributed by atoms with Crippen LogP contribution < -0.4 is 4.74 Å². The lowest BCUT2D eigenvalue weighted by atomic mass is 9.77. The van der Waals surface area contributed by atoms with Crippen LogP contribution in [-0.4, -0.2) is 67.6 Å². The molecular weight excluding hydrogens is 358 g/mol. The summed E-state index contributed by atoms with van der Waals surface area (Å²) in [5.74, 6) is 1.04. The van der Waals surface area contributed by atoms with E-state index < -0.39 is 5.60 Å². The summed E-state index contributed by atoms with van der Waals surface area (Å²) >= 11 is 0. The molecule has 0 bridgehead atoms. The van der Waals surface area contributed by atoms with Crippen LogP contribution in [0.25, 0.3) is 0 Å². The Bertz CT molecular complexity index is 702. The van der Waals surface area contributed by atoms with Gasteiger partial charge >= 0.3 is 0 Å². The van der Waals surface area contributed by atoms with Crippen molar-refractivity contribution in [1.29, 1.82) is 0 Å². The Labute approximate surface area is 166 Å². The van der Waals surface area contributed by atoms with E-state index >= 15 is 0 Å². The predicted molar refractivity (Wildman–Crippen MR) is 104 cm³/mol. The molecule has 1 saturated carbocycles. The molecule has 1 unspecified atom stereocenters. The van der Waals surface area contributed by atoms with Crippen molar-refractivity contribution < 1.29 is 24.1 Å². The van der Waals surface area contributed by atoms with Crippen LogP contribution >= 0.6 is 0 Å². The van der Waals surface area contributed by atoms with Crippen LogP contribution in [0.2, 0.25) is 0 Å². The third-order valence-electron chi connectivity index (χ3n) is 6.80. The van der Waals surface area contributed by atoms with Crippen molar-refractivity contribution >= 4 is 5.91 Å². The Morgan fingerprint density at radius 2 is 1.79 bits per heavy atom. The topological polar surface area (TPSA) is 68.2 Å². The molecule has 3 fully saturated rings. The molecular formula is C22H31NO5. The maximum atomic E-state index is 13.3. The summed E-state index contributed by atoms with van der Waals surface area (Å²) in [4.78, 5) is 15.3. The van der Waals surface area contributed by atoms with Gasteiger partial charge in [0, 0.05) is 33.0 Å². The maximum Gasteiger partial charge on any atom is 0.233 e. The molecule has 1 amide bonds. The van der Waals surface area contributed by atoms with E-state index in [1.807, 2.05) is 29.2 Å². The van der Waals surface area contributed by atoms with Crippen LogP contribution in [0.15, 0.2) is 24.3 Å². The Morgan fingerprint density at radius 3 is 2.36 bits per heavy atom. The first kappa shape index (κ1) is 19.7. The first-order valence-corrected chi connectivity index (χ1v) is 10.2. The Balaban J connectivity index is 1.41. The molecule has 0 aromatic heterocycles. The van der Waals surface area contributed by atoms with Crippen molar-refractivity contribution in [3.63, 3.8) is 0 Å². The number of aliphatic hydroxyl groups is 1. The number of rotatable bonds is 5. The highest BCUT2D eigenvalue weighted by molar-refractivity contribution is 5.91. The van der Waals surface area contributed by atoms with Crippen molar-refractivity contribution in [2.75, 3.05) is 40.5 Å². The van der Waals surface area contributed by atoms with Gasteiger partial charge in [-0.15, -0.1) is 0 Å². The highest BCUT2D eigenvalue weighted by Gasteiger charge is 2.54. The van der Waals surface area contributed by atoms with E-state index in [-0.39, 0.29) is 16.9 Å². The quantitative estimate of drug-likeness (QED) is 0.837. The fourth-order valence-electron chi connectivity index (χ4n) is 4.99. The van der Waals surface area contributed by atoms with Gasteiger partial charge in [-0.1, -0.05) is 12.1 Å². The maximum absolute atomic E-state index is 13.3. The summed E-state index contributed by atoms with van der Waals surface area (Å²) in [7, 11) is 3.27. The van der Waals surface area contributed by atoms with Gasteiger partial charge in [0.15, 0.2) is 0 Å². The molecule has 4 rings (SSSR count). The summed E-state index contributed by atoms with van der Waals surface area (Å²) in [6, 6.07) is 7.90. The first-order chi connectivity index (χ1) is 13.4. The van der Waals surface area contributed by atoms with Crippen molar-refractivity contribution in [2.45, 2.75) is 55.1 Å². The second-order valence-electron chi connectivity index (χ2n) is 8.72. The van der Waals surface area contributed by atoms with Crippen LogP contribution in [0.3, 0.4) is 0 Å². The number of nitrogens with zero attached hydrogens (tertiary/aromatic N) is 1. The molecule has 2 heterocycles. The number of likely N-dealkylation sites (tertiary alicyclic amines) is 1. The Kier molecular flexibility index (Phi) is 5.14. The minimum Gasteiger partial charge on any atom is -0.497 e. The van der Waals surface area contributed by atoms with Gasteiger partial charge in [0.1, 0.15) is 5.75 Å². The number of carbonyl (C=O) groups is 1. The summed E-state index contributed by atoms with van der Waals surface area (Å²) in [5.41, 5.74) is -0.429. The van der Waals surface area contributed by atoms with Crippen LogP contribution in [0.4, 0.5) is 0 Å². The van der Waals surface area contributed by atoms with Crippen LogP contribution in [-0.2, 0) is 19.7 Å². The Morgan fingerprint density at radius 1 is 1.11 bits per heavy atom. The summed E-state index contributed by atoms with van der Waals surface area (Å²) in [5, 5.41) is 10.8. The van der Waals surface area contributed by atoms with Crippen LogP contribution in [0.5, 0.6) is 5.75 Å². The van der Waals surface area contributed by atoms with Gasteiger partial charge in [0.2, 0.25) is 5.91 Å². The van der Waals surface area contributed by atoms with E-state index in [1.54, 1.807) is 14.2 Å². The van der Waals surface area contributed by atoms with Gasteiger partial charge < -0.3 is 24.2 Å². The second kappa shape index (κ2) is 7.32. The van der Waals surface area contributed by atoms with Gasteiger partial charge in [0.05, 0.1) is 36.9 Å². The third-order valence-corrected chi connectivity index (χ3v) is 6.80. The lowest BCUT2D eigenvalue weighted by molar-refractivity contribution is -0.192. The summed E-state index contributed by atoms with van der Waals surface area (Å²) in [6.45, 7) is 2.24. The number of carbonyl (C=O) groups excluding carboxylic acids is 1. The molecule has 6 nitrogen and oxygen atoms in total. The number of hydrogen-bond donors (Lipinski definition) is 1. The predicted octanol–water partition coefficient (Wildman–Crippen LogP) is 2.28. The molecule has 1 atom stereocenters. The number of ether oxygens (including phenoxy) is 3. The zero-order chi connectivity index (χ0) is 19.8. The molecule has 1 spiro atoms. The van der Waals surface area contributed by atoms with E-state index in [4.69, 9.17) is 14.2 Å². The molecule has 1 aromatic carbocycles. The minimum absolute atomic E-state index is 0.232.